The molecule has 176 valence electrons. The van der Waals surface area contributed by atoms with Crippen LogP contribution in [-0.4, -0.2) is 30.5 Å². The van der Waals surface area contributed by atoms with Crippen LogP contribution in [0.15, 0.2) is 72.9 Å². The van der Waals surface area contributed by atoms with Crippen LogP contribution in [0.3, 0.4) is 0 Å². The van der Waals surface area contributed by atoms with E-state index >= 15 is 0 Å². The lowest BCUT2D eigenvalue weighted by Crippen LogP contribution is -2.39. The van der Waals surface area contributed by atoms with Crippen molar-refractivity contribution < 1.29 is 14.3 Å². The Balaban J connectivity index is 1.96. The Kier molecular flexibility index (Phi) is 7.45. The van der Waals surface area contributed by atoms with Gasteiger partial charge in [0.25, 0.3) is 5.56 Å². The van der Waals surface area contributed by atoms with Crippen molar-refractivity contribution in [2.75, 3.05) is 20.0 Å². The van der Waals surface area contributed by atoms with Crippen LogP contribution >= 0.6 is 39.0 Å². The van der Waals surface area contributed by atoms with E-state index in [1.807, 2.05) is 48.7 Å². The van der Waals surface area contributed by atoms with Gasteiger partial charge in [0, 0.05) is 14.9 Å². The molecule has 9 heteroatoms. The zero-order valence-electron chi connectivity index (χ0n) is 19.1. The molecular formula is C25H23BrN2O4S2. The summed E-state index contributed by atoms with van der Waals surface area (Å²) < 4.78 is 13.8. The normalized spacial score (nSPS) is 15.7. The molecule has 0 saturated carbocycles. The largest absolute Gasteiger partial charge is 0.496 e. The van der Waals surface area contributed by atoms with Gasteiger partial charge in [0.1, 0.15) is 5.75 Å². The molecule has 0 N–H and O–H groups in total. The second-order valence-electron chi connectivity index (χ2n) is 7.46. The minimum Gasteiger partial charge on any atom is -0.496 e. The second-order valence-corrected chi connectivity index (χ2v) is 10.3. The standard InChI is InChI=1S/C25H23BrN2O4S2/c1-5-32-24(30)21-14(2)27-25-28(22(21)15-6-9-18(33-4)10-7-15)23(29)20(34-25)13-16-12-17(26)8-11-19(16)31-3/h6-13,22H,5H2,1-4H3/b20-13-/t22-/m0/s1. The fourth-order valence-electron chi connectivity index (χ4n) is 3.85. The van der Waals surface area contributed by atoms with Gasteiger partial charge in [-0.3, -0.25) is 9.36 Å². The number of halogens is 1. The maximum atomic E-state index is 13.7. The molecule has 0 radical (unpaired) electrons. The van der Waals surface area contributed by atoms with E-state index in [4.69, 9.17) is 9.47 Å². The van der Waals surface area contributed by atoms with E-state index in [0.717, 1.165) is 20.5 Å². The van der Waals surface area contributed by atoms with E-state index in [1.165, 1.54) is 11.3 Å². The number of thioether (sulfide) groups is 1. The first-order chi connectivity index (χ1) is 16.4. The number of methoxy groups -OCH3 is 1. The average molecular weight is 560 g/mol. The highest BCUT2D eigenvalue weighted by atomic mass is 79.9. The number of esters is 1. The highest BCUT2D eigenvalue weighted by Gasteiger charge is 2.33. The third kappa shape index (κ3) is 4.64. The first kappa shape index (κ1) is 24.5. The van der Waals surface area contributed by atoms with Gasteiger partial charge in [0.05, 0.1) is 35.6 Å². The number of ether oxygens (including phenoxy) is 2. The molecule has 4 rings (SSSR count). The number of carbonyl (C=O) groups is 1. The number of carbonyl (C=O) groups excluding carboxylic acids is 1. The molecule has 0 spiro atoms. The van der Waals surface area contributed by atoms with Gasteiger partial charge in [0.2, 0.25) is 0 Å². The number of fused-ring (bicyclic) bond motifs is 1. The molecule has 0 unspecified atom stereocenters. The minimum absolute atomic E-state index is 0.223. The molecule has 1 aromatic heterocycles. The summed E-state index contributed by atoms with van der Waals surface area (Å²) in [6, 6.07) is 12.9. The minimum atomic E-state index is -0.627. The maximum Gasteiger partial charge on any atom is 0.338 e. The molecule has 1 aliphatic heterocycles. The topological polar surface area (TPSA) is 69.9 Å². The van der Waals surface area contributed by atoms with Gasteiger partial charge in [-0.2, -0.15) is 0 Å². The van der Waals surface area contributed by atoms with Crippen LogP contribution in [0.2, 0.25) is 0 Å². The van der Waals surface area contributed by atoms with Crippen molar-refractivity contribution in [2.24, 2.45) is 4.99 Å². The number of benzene rings is 2. The summed E-state index contributed by atoms with van der Waals surface area (Å²) in [6.45, 7) is 3.78. The number of allylic oxidation sites excluding steroid dienone is 1. The molecule has 0 aliphatic carbocycles. The summed E-state index contributed by atoms with van der Waals surface area (Å²) in [5, 5.41) is 0. The number of rotatable bonds is 6. The Bertz CT molecular complexity index is 1460. The molecule has 2 heterocycles. The maximum absolute atomic E-state index is 13.7. The SMILES string of the molecule is CCOC(=O)C1=C(C)N=c2s/c(=C\c3cc(Br)ccc3OC)c(=O)n2[C@H]1c1ccc(SC)cc1. The van der Waals surface area contributed by atoms with Crippen molar-refractivity contribution in [3.05, 3.63) is 89.0 Å². The first-order valence-electron chi connectivity index (χ1n) is 10.5. The van der Waals surface area contributed by atoms with Gasteiger partial charge in [-0.25, -0.2) is 9.79 Å². The molecular weight excluding hydrogens is 536 g/mol. The fourth-order valence-corrected chi connectivity index (χ4v) is 5.68. The number of hydrogen-bond donors (Lipinski definition) is 0. The average Bonchev–Trinajstić information content (AvgIpc) is 3.13. The Labute approximate surface area is 213 Å². The molecule has 34 heavy (non-hydrogen) atoms. The van der Waals surface area contributed by atoms with Gasteiger partial charge in [-0.1, -0.05) is 39.4 Å². The van der Waals surface area contributed by atoms with Crippen LogP contribution in [0, 0.1) is 0 Å². The van der Waals surface area contributed by atoms with Crippen molar-refractivity contribution in [3.8, 4) is 5.75 Å². The lowest BCUT2D eigenvalue weighted by atomic mass is 9.96. The van der Waals surface area contributed by atoms with Crippen molar-refractivity contribution in [1.29, 1.82) is 0 Å². The quantitative estimate of drug-likeness (QED) is 0.333. The van der Waals surface area contributed by atoms with E-state index in [2.05, 4.69) is 20.9 Å². The third-order valence-electron chi connectivity index (χ3n) is 5.43. The van der Waals surface area contributed by atoms with E-state index in [-0.39, 0.29) is 12.2 Å². The number of thiazole rings is 1. The van der Waals surface area contributed by atoms with Crippen LogP contribution < -0.4 is 19.6 Å². The molecule has 0 saturated heterocycles. The molecule has 0 bridgehead atoms. The van der Waals surface area contributed by atoms with Gasteiger partial charge in [-0.15, -0.1) is 11.8 Å². The van der Waals surface area contributed by atoms with Crippen molar-refractivity contribution >= 4 is 51.1 Å². The first-order valence-corrected chi connectivity index (χ1v) is 13.4. The van der Waals surface area contributed by atoms with Crippen molar-refractivity contribution in [2.45, 2.75) is 24.8 Å². The van der Waals surface area contributed by atoms with Gasteiger partial charge in [-0.05, 0) is 62.1 Å². The smallest absolute Gasteiger partial charge is 0.338 e. The van der Waals surface area contributed by atoms with Crippen LogP contribution in [0.5, 0.6) is 5.75 Å². The fraction of sp³-hybridized carbons (Fsp3) is 0.240. The molecule has 3 aromatic rings. The molecule has 2 aromatic carbocycles. The molecule has 6 nitrogen and oxygen atoms in total. The second kappa shape index (κ2) is 10.3. The summed E-state index contributed by atoms with van der Waals surface area (Å²) in [7, 11) is 1.59. The number of hydrogen-bond acceptors (Lipinski definition) is 7. The van der Waals surface area contributed by atoms with Gasteiger partial charge >= 0.3 is 5.97 Å². The summed E-state index contributed by atoms with van der Waals surface area (Å²) in [5.74, 6) is 0.187. The Morgan fingerprint density at radius 3 is 2.65 bits per heavy atom. The Morgan fingerprint density at radius 2 is 2.00 bits per heavy atom. The summed E-state index contributed by atoms with van der Waals surface area (Å²) in [5.41, 5.74) is 2.29. The zero-order chi connectivity index (χ0) is 24.4. The van der Waals surface area contributed by atoms with E-state index in [0.29, 0.717) is 26.4 Å². The van der Waals surface area contributed by atoms with E-state index in [9.17, 15) is 9.59 Å². The lowest BCUT2D eigenvalue weighted by Gasteiger charge is -2.24. The molecule has 1 atom stereocenters. The van der Waals surface area contributed by atoms with Crippen LogP contribution in [0.25, 0.3) is 6.08 Å². The highest BCUT2D eigenvalue weighted by Crippen LogP contribution is 2.32. The zero-order valence-corrected chi connectivity index (χ0v) is 22.3. The third-order valence-corrected chi connectivity index (χ3v) is 7.65. The number of nitrogens with zero attached hydrogens (tertiary/aromatic N) is 2. The van der Waals surface area contributed by atoms with Crippen molar-refractivity contribution in [3.63, 3.8) is 0 Å². The predicted octanol–water partition coefficient (Wildman–Crippen LogP) is 4.29. The Morgan fingerprint density at radius 1 is 1.26 bits per heavy atom. The van der Waals surface area contributed by atoms with Crippen molar-refractivity contribution in [1.82, 2.24) is 4.57 Å². The summed E-state index contributed by atoms with van der Waals surface area (Å²) >= 11 is 6.39. The predicted molar refractivity (Wildman–Crippen MR) is 139 cm³/mol. The Hall–Kier alpha value is -2.62. The molecule has 0 fully saturated rings. The van der Waals surface area contributed by atoms with Crippen LogP contribution in [-0.2, 0) is 9.53 Å². The highest BCUT2D eigenvalue weighted by molar-refractivity contribution is 9.10. The molecule has 1 aliphatic rings. The number of aromatic nitrogens is 1. The monoisotopic (exact) mass is 558 g/mol. The van der Waals surface area contributed by atoms with E-state index < -0.39 is 12.0 Å². The lowest BCUT2D eigenvalue weighted by molar-refractivity contribution is -0.139. The summed E-state index contributed by atoms with van der Waals surface area (Å²) in [6.07, 6.45) is 3.80. The van der Waals surface area contributed by atoms with E-state index in [1.54, 1.807) is 43.4 Å². The van der Waals surface area contributed by atoms with Crippen LogP contribution in [0.1, 0.15) is 31.0 Å². The van der Waals surface area contributed by atoms with Gasteiger partial charge in [0.15, 0.2) is 4.80 Å². The van der Waals surface area contributed by atoms with Gasteiger partial charge < -0.3 is 9.47 Å². The van der Waals surface area contributed by atoms with Crippen LogP contribution in [0.4, 0.5) is 0 Å². The summed E-state index contributed by atoms with van der Waals surface area (Å²) in [4.78, 5) is 32.9. The molecule has 0 amide bonds.